The van der Waals surface area contributed by atoms with E-state index in [1.54, 1.807) is 7.11 Å². The van der Waals surface area contributed by atoms with Crippen molar-refractivity contribution < 1.29 is 9.26 Å². The fourth-order valence-corrected chi connectivity index (χ4v) is 2.21. The molecule has 0 aliphatic carbocycles. The molecule has 1 heterocycles. The lowest BCUT2D eigenvalue weighted by molar-refractivity contribution is 0.416. The van der Waals surface area contributed by atoms with E-state index in [0.29, 0.717) is 5.69 Å². The summed E-state index contributed by atoms with van der Waals surface area (Å²) < 4.78 is 10.6. The van der Waals surface area contributed by atoms with Crippen molar-refractivity contribution in [2.45, 2.75) is 0 Å². The summed E-state index contributed by atoms with van der Waals surface area (Å²) in [6.07, 6.45) is 0. The SMILES string of the molecule is COc1ccccc1-c1c(-c2ccccc2)noc1N. The van der Waals surface area contributed by atoms with Crippen LogP contribution in [-0.2, 0) is 0 Å². The standard InChI is InChI=1S/C16H14N2O2/c1-19-13-10-6-5-9-12(13)14-15(18-20-16(14)17)11-7-3-2-4-8-11/h2-10H,17H2,1H3. The van der Waals surface area contributed by atoms with Crippen LogP contribution in [0.2, 0.25) is 0 Å². The van der Waals surface area contributed by atoms with Crippen molar-refractivity contribution >= 4 is 5.88 Å². The molecule has 1 aromatic heterocycles. The summed E-state index contributed by atoms with van der Waals surface area (Å²) in [5.74, 6) is 1.02. The van der Waals surface area contributed by atoms with Crippen LogP contribution in [0.3, 0.4) is 0 Å². The summed E-state index contributed by atoms with van der Waals surface area (Å²) in [5, 5.41) is 4.08. The van der Waals surface area contributed by atoms with Gasteiger partial charge in [-0.1, -0.05) is 53.7 Å². The van der Waals surface area contributed by atoms with E-state index in [1.807, 2.05) is 54.6 Å². The topological polar surface area (TPSA) is 61.3 Å². The van der Waals surface area contributed by atoms with Gasteiger partial charge in [-0.05, 0) is 6.07 Å². The summed E-state index contributed by atoms with van der Waals surface area (Å²) in [6, 6.07) is 17.5. The molecule has 0 saturated carbocycles. The number of nitrogen functional groups attached to an aromatic ring is 1. The second-order valence-electron chi connectivity index (χ2n) is 4.34. The molecule has 0 unspecified atom stereocenters. The zero-order valence-electron chi connectivity index (χ0n) is 11.0. The number of nitrogens with two attached hydrogens (primary N) is 1. The van der Waals surface area contributed by atoms with Crippen molar-refractivity contribution in [2.24, 2.45) is 0 Å². The first kappa shape index (κ1) is 12.3. The molecular formula is C16H14N2O2. The lowest BCUT2D eigenvalue weighted by Gasteiger charge is -2.08. The van der Waals surface area contributed by atoms with E-state index in [4.69, 9.17) is 15.0 Å². The van der Waals surface area contributed by atoms with E-state index < -0.39 is 0 Å². The van der Waals surface area contributed by atoms with Gasteiger partial charge in [0.15, 0.2) is 0 Å². The fraction of sp³-hybridized carbons (Fsp3) is 0.0625. The van der Waals surface area contributed by atoms with Crippen LogP contribution in [0, 0.1) is 0 Å². The molecule has 0 aliphatic rings. The molecule has 0 spiro atoms. The normalized spacial score (nSPS) is 10.4. The number of hydrogen-bond acceptors (Lipinski definition) is 4. The number of aromatic nitrogens is 1. The third-order valence-electron chi connectivity index (χ3n) is 3.14. The molecule has 3 rings (SSSR count). The summed E-state index contributed by atoms with van der Waals surface area (Å²) in [6.45, 7) is 0. The highest BCUT2D eigenvalue weighted by molar-refractivity contribution is 5.89. The number of ether oxygens (including phenoxy) is 1. The number of nitrogens with zero attached hydrogens (tertiary/aromatic N) is 1. The Labute approximate surface area is 116 Å². The average molecular weight is 266 g/mol. The molecule has 3 aromatic rings. The molecule has 20 heavy (non-hydrogen) atoms. The minimum absolute atomic E-state index is 0.286. The Balaban J connectivity index is 2.22. The lowest BCUT2D eigenvalue weighted by Crippen LogP contribution is -1.91. The van der Waals surface area contributed by atoms with Gasteiger partial charge in [-0.15, -0.1) is 0 Å². The monoisotopic (exact) mass is 266 g/mol. The second kappa shape index (κ2) is 5.09. The fourth-order valence-electron chi connectivity index (χ4n) is 2.21. The first-order valence-corrected chi connectivity index (χ1v) is 6.25. The predicted molar refractivity (Wildman–Crippen MR) is 78.3 cm³/mol. The summed E-state index contributed by atoms with van der Waals surface area (Å²) in [5.41, 5.74) is 9.24. The molecule has 4 heteroatoms. The smallest absolute Gasteiger partial charge is 0.230 e. The van der Waals surface area contributed by atoms with Crippen molar-refractivity contribution in [3.63, 3.8) is 0 Å². The third kappa shape index (κ3) is 2.01. The van der Waals surface area contributed by atoms with Crippen molar-refractivity contribution in [3.8, 4) is 28.1 Å². The maximum atomic E-state index is 5.95. The number of rotatable bonds is 3. The molecule has 0 atom stereocenters. The Morgan fingerprint density at radius 2 is 1.70 bits per heavy atom. The molecule has 0 bridgehead atoms. The summed E-state index contributed by atoms with van der Waals surface area (Å²) in [4.78, 5) is 0. The number of benzene rings is 2. The summed E-state index contributed by atoms with van der Waals surface area (Å²) >= 11 is 0. The third-order valence-corrected chi connectivity index (χ3v) is 3.14. The highest BCUT2D eigenvalue weighted by Gasteiger charge is 2.19. The lowest BCUT2D eigenvalue weighted by atomic mass is 10.0. The number of anilines is 1. The van der Waals surface area contributed by atoms with Crippen molar-refractivity contribution in [1.29, 1.82) is 0 Å². The first-order valence-electron chi connectivity index (χ1n) is 6.25. The van der Waals surface area contributed by atoms with Gasteiger partial charge >= 0.3 is 0 Å². The average Bonchev–Trinajstić information content (AvgIpc) is 2.89. The molecule has 2 aromatic carbocycles. The molecule has 100 valence electrons. The van der Waals surface area contributed by atoms with Crippen LogP contribution < -0.4 is 10.5 Å². The van der Waals surface area contributed by atoms with E-state index in [9.17, 15) is 0 Å². The van der Waals surface area contributed by atoms with Gasteiger partial charge in [0.1, 0.15) is 11.4 Å². The number of methoxy groups -OCH3 is 1. The van der Waals surface area contributed by atoms with Crippen molar-refractivity contribution in [3.05, 3.63) is 54.6 Å². The molecule has 2 N–H and O–H groups in total. The zero-order valence-corrected chi connectivity index (χ0v) is 11.0. The molecule has 4 nitrogen and oxygen atoms in total. The quantitative estimate of drug-likeness (QED) is 0.786. The highest BCUT2D eigenvalue weighted by Crippen LogP contribution is 2.40. The minimum Gasteiger partial charge on any atom is -0.496 e. The van der Waals surface area contributed by atoms with Crippen LogP contribution in [0.25, 0.3) is 22.4 Å². The highest BCUT2D eigenvalue weighted by atomic mass is 16.5. The molecule has 0 saturated heterocycles. The molecule has 0 fully saturated rings. The Morgan fingerprint density at radius 1 is 1.00 bits per heavy atom. The second-order valence-corrected chi connectivity index (χ2v) is 4.34. The molecule has 0 radical (unpaired) electrons. The van der Waals surface area contributed by atoms with Crippen LogP contribution in [0.15, 0.2) is 59.1 Å². The maximum absolute atomic E-state index is 5.95. The molecule has 0 amide bonds. The summed E-state index contributed by atoms with van der Waals surface area (Å²) in [7, 11) is 1.63. The van der Waals surface area contributed by atoms with Crippen LogP contribution in [0.5, 0.6) is 5.75 Å². The van der Waals surface area contributed by atoms with E-state index in [2.05, 4.69) is 5.16 Å². The largest absolute Gasteiger partial charge is 0.496 e. The maximum Gasteiger partial charge on any atom is 0.230 e. The number of hydrogen-bond donors (Lipinski definition) is 1. The van der Waals surface area contributed by atoms with Gasteiger partial charge in [0, 0.05) is 11.1 Å². The van der Waals surface area contributed by atoms with Gasteiger partial charge < -0.3 is 15.0 Å². The minimum atomic E-state index is 0.286. The first-order chi connectivity index (χ1) is 9.81. The van der Waals surface area contributed by atoms with Crippen molar-refractivity contribution in [1.82, 2.24) is 5.16 Å². The predicted octanol–water partition coefficient (Wildman–Crippen LogP) is 3.60. The van der Waals surface area contributed by atoms with Gasteiger partial charge in [-0.25, -0.2) is 0 Å². The zero-order chi connectivity index (χ0) is 13.9. The van der Waals surface area contributed by atoms with Gasteiger partial charge in [0.25, 0.3) is 0 Å². The Hall–Kier alpha value is -2.75. The van der Waals surface area contributed by atoms with E-state index in [1.165, 1.54) is 0 Å². The van der Waals surface area contributed by atoms with Gasteiger partial charge in [0.05, 0.1) is 12.7 Å². The van der Waals surface area contributed by atoms with Gasteiger partial charge in [-0.3, -0.25) is 0 Å². The van der Waals surface area contributed by atoms with E-state index >= 15 is 0 Å². The Kier molecular flexibility index (Phi) is 3.13. The molecule has 0 aliphatic heterocycles. The van der Waals surface area contributed by atoms with Gasteiger partial charge in [0.2, 0.25) is 5.88 Å². The van der Waals surface area contributed by atoms with E-state index in [0.717, 1.165) is 22.4 Å². The van der Waals surface area contributed by atoms with Crippen LogP contribution >= 0.6 is 0 Å². The Morgan fingerprint density at radius 3 is 2.45 bits per heavy atom. The van der Waals surface area contributed by atoms with Crippen molar-refractivity contribution in [2.75, 3.05) is 12.8 Å². The van der Waals surface area contributed by atoms with E-state index in [-0.39, 0.29) is 5.88 Å². The van der Waals surface area contributed by atoms with Gasteiger partial charge in [-0.2, -0.15) is 0 Å². The van der Waals surface area contributed by atoms with Crippen LogP contribution in [0.4, 0.5) is 5.88 Å². The molecular weight excluding hydrogens is 252 g/mol. The Bertz CT molecular complexity index is 720. The van der Waals surface area contributed by atoms with Crippen LogP contribution in [0.1, 0.15) is 0 Å². The van der Waals surface area contributed by atoms with Crippen LogP contribution in [-0.4, -0.2) is 12.3 Å². The number of para-hydroxylation sites is 1.